The van der Waals surface area contributed by atoms with Crippen LogP contribution in [0.3, 0.4) is 0 Å². The zero-order valence-electron chi connectivity index (χ0n) is 15.7. The molecular formula is C20H21N3O5. The molecule has 0 bridgehead atoms. The number of benzene rings is 2. The number of anilines is 1. The number of likely N-dealkylation sites (N-methyl/N-ethyl adjacent to an activating group) is 1. The molecule has 0 spiro atoms. The highest BCUT2D eigenvalue weighted by Gasteiger charge is 2.36. The molecule has 0 aromatic heterocycles. The van der Waals surface area contributed by atoms with E-state index in [-0.39, 0.29) is 29.7 Å². The van der Waals surface area contributed by atoms with Crippen molar-refractivity contribution in [3.63, 3.8) is 0 Å². The van der Waals surface area contributed by atoms with E-state index in [2.05, 4.69) is 0 Å². The van der Waals surface area contributed by atoms with E-state index in [0.29, 0.717) is 18.7 Å². The Bertz CT molecular complexity index is 900. The van der Waals surface area contributed by atoms with Crippen LogP contribution < -0.4 is 9.64 Å². The number of nitro groups is 1. The maximum Gasteiger partial charge on any atom is 0.271 e. The van der Waals surface area contributed by atoms with E-state index in [1.165, 1.54) is 28.0 Å². The third-order valence-electron chi connectivity index (χ3n) is 4.61. The van der Waals surface area contributed by atoms with Gasteiger partial charge in [0.1, 0.15) is 12.3 Å². The molecular weight excluding hydrogens is 362 g/mol. The predicted octanol–water partition coefficient (Wildman–Crippen LogP) is 2.76. The molecule has 0 fully saturated rings. The van der Waals surface area contributed by atoms with E-state index in [9.17, 15) is 19.7 Å². The molecule has 1 atom stereocenters. The third-order valence-corrected chi connectivity index (χ3v) is 4.61. The van der Waals surface area contributed by atoms with E-state index < -0.39 is 11.0 Å². The molecule has 146 valence electrons. The average molecular weight is 383 g/mol. The van der Waals surface area contributed by atoms with Crippen molar-refractivity contribution in [3.05, 3.63) is 64.2 Å². The van der Waals surface area contributed by atoms with Crippen molar-refractivity contribution in [1.29, 1.82) is 0 Å². The second-order valence-electron chi connectivity index (χ2n) is 6.58. The standard InChI is InChI=1S/C20H21N3O5/c1-3-17-20(25)22(16-11-15(23(26)27)9-10-18(16)28-17)13-19(24)21(2)12-14-7-5-4-6-8-14/h4-11,17H,3,12-13H2,1-2H3. The minimum Gasteiger partial charge on any atom is -0.478 e. The highest BCUT2D eigenvalue weighted by molar-refractivity contribution is 6.04. The molecule has 1 unspecified atom stereocenters. The first-order valence-corrected chi connectivity index (χ1v) is 8.95. The van der Waals surface area contributed by atoms with E-state index in [0.717, 1.165) is 5.56 Å². The second-order valence-corrected chi connectivity index (χ2v) is 6.58. The maximum absolute atomic E-state index is 12.8. The van der Waals surface area contributed by atoms with Gasteiger partial charge in [0.05, 0.1) is 10.6 Å². The van der Waals surface area contributed by atoms with Crippen molar-refractivity contribution >= 4 is 23.2 Å². The van der Waals surface area contributed by atoms with E-state index in [4.69, 9.17) is 4.74 Å². The summed E-state index contributed by atoms with van der Waals surface area (Å²) in [5.74, 6) is -0.293. The van der Waals surface area contributed by atoms with E-state index >= 15 is 0 Å². The van der Waals surface area contributed by atoms with Gasteiger partial charge in [-0.1, -0.05) is 37.3 Å². The van der Waals surface area contributed by atoms with Crippen LogP contribution in [0.25, 0.3) is 0 Å². The summed E-state index contributed by atoms with van der Waals surface area (Å²) in [4.78, 5) is 38.9. The molecule has 0 radical (unpaired) electrons. The lowest BCUT2D eigenvalue weighted by atomic mass is 10.1. The lowest BCUT2D eigenvalue weighted by molar-refractivity contribution is -0.384. The van der Waals surface area contributed by atoms with Crippen LogP contribution in [0.2, 0.25) is 0 Å². The van der Waals surface area contributed by atoms with Gasteiger partial charge in [0.2, 0.25) is 5.91 Å². The minimum absolute atomic E-state index is 0.166. The first kappa shape index (κ1) is 19.3. The maximum atomic E-state index is 12.8. The number of non-ortho nitro benzene ring substituents is 1. The molecule has 2 aromatic rings. The summed E-state index contributed by atoms with van der Waals surface area (Å²) in [6, 6.07) is 13.6. The van der Waals surface area contributed by atoms with E-state index in [1.54, 1.807) is 14.0 Å². The Labute approximate surface area is 162 Å². The first-order valence-electron chi connectivity index (χ1n) is 8.95. The molecule has 0 saturated carbocycles. The molecule has 0 N–H and O–H groups in total. The zero-order valence-corrected chi connectivity index (χ0v) is 15.7. The minimum atomic E-state index is -0.721. The summed E-state index contributed by atoms with van der Waals surface area (Å²) in [5, 5.41) is 11.1. The predicted molar refractivity (Wildman–Crippen MR) is 103 cm³/mol. The third kappa shape index (κ3) is 3.95. The number of ether oxygens (including phenoxy) is 1. The van der Waals surface area contributed by atoms with Crippen LogP contribution in [0, 0.1) is 10.1 Å². The Morgan fingerprint density at radius 3 is 2.61 bits per heavy atom. The van der Waals surface area contributed by atoms with Crippen LogP contribution in [-0.4, -0.2) is 41.3 Å². The number of nitro benzene ring substituents is 1. The number of fused-ring (bicyclic) bond motifs is 1. The van der Waals surface area contributed by atoms with Crippen molar-refractivity contribution in [2.75, 3.05) is 18.5 Å². The Morgan fingerprint density at radius 2 is 1.96 bits per heavy atom. The Balaban J connectivity index is 1.85. The molecule has 8 nitrogen and oxygen atoms in total. The van der Waals surface area contributed by atoms with Gasteiger partial charge in [0.25, 0.3) is 11.6 Å². The fourth-order valence-corrected chi connectivity index (χ4v) is 3.05. The Morgan fingerprint density at radius 1 is 1.25 bits per heavy atom. The van der Waals surface area contributed by atoms with Gasteiger partial charge in [0.15, 0.2) is 6.10 Å². The van der Waals surface area contributed by atoms with Gasteiger partial charge < -0.3 is 9.64 Å². The average Bonchev–Trinajstić information content (AvgIpc) is 2.70. The highest BCUT2D eigenvalue weighted by atomic mass is 16.6. The quantitative estimate of drug-likeness (QED) is 0.565. The van der Waals surface area contributed by atoms with Gasteiger partial charge in [-0.25, -0.2) is 0 Å². The van der Waals surface area contributed by atoms with Crippen LogP contribution >= 0.6 is 0 Å². The zero-order chi connectivity index (χ0) is 20.3. The molecule has 2 amide bonds. The number of hydrogen-bond donors (Lipinski definition) is 0. The molecule has 1 heterocycles. The van der Waals surface area contributed by atoms with Crippen LogP contribution in [-0.2, 0) is 16.1 Å². The molecule has 2 aromatic carbocycles. The largest absolute Gasteiger partial charge is 0.478 e. The lowest BCUT2D eigenvalue weighted by Gasteiger charge is -2.34. The van der Waals surface area contributed by atoms with Crippen molar-refractivity contribution in [3.8, 4) is 5.75 Å². The van der Waals surface area contributed by atoms with Crippen LogP contribution in [0.15, 0.2) is 48.5 Å². The van der Waals surface area contributed by atoms with Crippen molar-refractivity contribution in [2.45, 2.75) is 26.0 Å². The Hall–Kier alpha value is -3.42. The van der Waals surface area contributed by atoms with Crippen molar-refractivity contribution in [1.82, 2.24) is 4.90 Å². The number of amides is 2. The molecule has 28 heavy (non-hydrogen) atoms. The van der Waals surface area contributed by atoms with Crippen molar-refractivity contribution < 1.29 is 19.2 Å². The molecule has 0 saturated heterocycles. The monoisotopic (exact) mass is 383 g/mol. The molecule has 3 rings (SSSR count). The van der Waals surface area contributed by atoms with Crippen molar-refractivity contribution in [2.24, 2.45) is 0 Å². The summed E-state index contributed by atoms with van der Waals surface area (Å²) in [6.07, 6.45) is -0.291. The topological polar surface area (TPSA) is 93.0 Å². The van der Waals surface area contributed by atoms with Gasteiger partial charge in [-0.2, -0.15) is 0 Å². The lowest BCUT2D eigenvalue weighted by Crippen LogP contribution is -2.49. The first-order chi connectivity index (χ1) is 13.4. The smallest absolute Gasteiger partial charge is 0.271 e. The van der Waals surface area contributed by atoms with Gasteiger partial charge in [-0.3, -0.25) is 24.6 Å². The normalized spacial score (nSPS) is 15.6. The number of carbonyl (C=O) groups excluding carboxylic acids is 2. The van der Waals surface area contributed by atoms with Gasteiger partial charge >= 0.3 is 0 Å². The summed E-state index contributed by atoms with van der Waals surface area (Å²) in [5.41, 5.74) is 1.04. The fourth-order valence-electron chi connectivity index (χ4n) is 3.05. The molecule has 8 heteroatoms. The summed E-state index contributed by atoms with van der Waals surface area (Å²) in [6.45, 7) is 1.99. The van der Waals surface area contributed by atoms with Crippen LogP contribution in [0.1, 0.15) is 18.9 Å². The Kier molecular flexibility index (Phi) is 5.58. The summed E-state index contributed by atoms with van der Waals surface area (Å²) in [7, 11) is 1.66. The van der Waals surface area contributed by atoms with E-state index in [1.807, 2.05) is 30.3 Å². The number of nitrogens with zero attached hydrogens (tertiary/aromatic N) is 3. The fraction of sp³-hybridized carbons (Fsp3) is 0.300. The summed E-state index contributed by atoms with van der Waals surface area (Å²) >= 11 is 0. The molecule has 1 aliphatic heterocycles. The number of carbonyl (C=O) groups is 2. The molecule has 1 aliphatic rings. The summed E-state index contributed by atoms with van der Waals surface area (Å²) < 4.78 is 5.66. The van der Waals surface area contributed by atoms with Gasteiger partial charge in [-0.15, -0.1) is 0 Å². The number of rotatable bonds is 6. The van der Waals surface area contributed by atoms with Gasteiger partial charge in [0, 0.05) is 25.7 Å². The van der Waals surface area contributed by atoms with Gasteiger partial charge in [-0.05, 0) is 18.1 Å². The SMILES string of the molecule is CCC1Oc2ccc([N+](=O)[O-])cc2N(CC(=O)N(C)Cc2ccccc2)C1=O. The second kappa shape index (κ2) is 8.08. The van der Waals surface area contributed by atoms with Crippen LogP contribution in [0.4, 0.5) is 11.4 Å². The van der Waals surface area contributed by atoms with Crippen LogP contribution in [0.5, 0.6) is 5.75 Å². The highest BCUT2D eigenvalue weighted by Crippen LogP contribution is 2.37. The molecule has 0 aliphatic carbocycles. The number of hydrogen-bond acceptors (Lipinski definition) is 5.